The van der Waals surface area contributed by atoms with Gasteiger partial charge in [-0.15, -0.1) is 11.6 Å². The van der Waals surface area contributed by atoms with Crippen molar-refractivity contribution in [1.82, 2.24) is 4.90 Å². The van der Waals surface area contributed by atoms with E-state index in [1.54, 1.807) is 4.90 Å². The summed E-state index contributed by atoms with van der Waals surface area (Å²) in [6, 6.07) is 3.43. The summed E-state index contributed by atoms with van der Waals surface area (Å²) in [5.74, 6) is -0.440. The molecular weight excluding hydrogens is 260 g/mol. The Kier molecular flexibility index (Phi) is 4.17. The van der Waals surface area contributed by atoms with Crippen molar-refractivity contribution in [2.24, 2.45) is 5.92 Å². The molecule has 0 N–H and O–H groups in total. The number of halogens is 3. The zero-order valence-electron chi connectivity index (χ0n) is 9.83. The van der Waals surface area contributed by atoms with Gasteiger partial charge in [0.2, 0.25) is 5.91 Å². The van der Waals surface area contributed by atoms with Crippen molar-refractivity contribution < 1.29 is 13.6 Å². The summed E-state index contributed by atoms with van der Waals surface area (Å²) in [7, 11) is 0. The third-order valence-electron chi connectivity index (χ3n) is 3.11. The monoisotopic (exact) mass is 273 g/mol. The lowest BCUT2D eigenvalue weighted by Crippen LogP contribution is -2.27. The predicted octanol–water partition coefficient (Wildman–Crippen LogP) is 2.59. The maximum atomic E-state index is 13.0. The lowest BCUT2D eigenvalue weighted by Gasteiger charge is -2.16. The number of carbonyl (C=O) groups is 1. The number of hydrogen-bond donors (Lipinski definition) is 0. The molecule has 1 aliphatic heterocycles. The van der Waals surface area contributed by atoms with E-state index in [4.69, 9.17) is 11.6 Å². The fraction of sp³-hybridized carbons (Fsp3) is 0.462. The van der Waals surface area contributed by atoms with E-state index < -0.39 is 11.6 Å². The van der Waals surface area contributed by atoms with E-state index in [0.29, 0.717) is 37.4 Å². The number of likely N-dealkylation sites (tertiary alicyclic amines) is 1. The van der Waals surface area contributed by atoms with Gasteiger partial charge in [-0.05, 0) is 30.0 Å². The first-order chi connectivity index (χ1) is 8.58. The molecule has 5 heteroatoms. The first kappa shape index (κ1) is 13.3. The molecule has 0 aliphatic carbocycles. The molecule has 0 radical (unpaired) electrons. The Labute approximate surface area is 110 Å². The predicted molar refractivity (Wildman–Crippen MR) is 65.5 cm³/mol. The molecule has 0 aromatic heterocycles. The average molecular weight is 274 g/mol. The molecule has 0 spiro atoms. The minimum atomic E-state index is -0.587. The molecule has 1 saturated heterocycles. The maximum Gasteiger partial charge on any atom is 0.222 e. The van der Waals surface area contributed by atoms with Crippen molar-refractivity contribution in [2.75, 3.05) is 19.0 Å². The van der Waals surface area contributed by atoms with Gasteiger partial charge in [-0.3, -0.25) is 4.79 Å². The van der Waals surface area contributed by atoms with Crippen LogP contribution in [0.4, 0.5) is 8.78 Å². The molecule has 0 saturated carbocycles. The Bertz CT molecular complexity index is 432. The van der Waals surface area contributed by atoms with Crippen molar-refractivity contribution in [2.45, 2.75) is 12.8 Å². The molecule has 18 heavy (non-hydrogen) atoms. The number of nitrogens with zero attached hydrogens (tertiary/aromatic N) is 1. The van der Waals surface area contributed by atoms with E-state index in [2.05, 4.69) is 0 Å². The molecule has 1 aliphatic rings. The number of alkyl halides is 1. The van der Waals surface area contributed by atoms with E-state index in [1.807, 2.05) is 0 Å². The smallest absolute Gasteiger partial charge is 0.222 e. The number of benzene rings is 1. The summed E-state index contributed by atoms with van der Waals surface area (Å²) in [5, 5.41) is 0. The zero-order valence-corrected chi connectivity index (χ0v) is 10.6. The molecule has 0 bridgehead atoms. The van der Waals surface area contributed by atoms with Crippen LogP contribution in [0.25, 0.3) is 0 Å². The highest BCUT2D eigenvalue weighted by atomic mass is 35.5. The van der Waals surface area contributed by atoms with Crippen LogP contribution < -0.4 is 0 Å². The van der Waals surface area contributed by atoms with Crippen LogP contribution in [-0.4, -0.2) is 29.8 Å². The normalized spacial score (nSPS) is 19.6. The summed E-state index contributed by atoms with van der Waals surface area (Å²) in [5.41, 5.74) is 0.564. The van der Waals surface area contributed by atoms with E-state index >= 15 is 0 Å². The van der Waals surface area contributed by atoms with Crippen LogP contribution in [0.1, 0.15) is 12.0 Å². The van der Waals surface area contributed by atoms with Crippen molar-refractivity contribution in [3.63, 3.8) is 0 Å². The van der Waals surface area contributed by atoms with Crippen LogP contribution in [0.15, 0.2) is 18.2 Å². The zero-order chi connectivity index (χ0) is 13.1. The second-order valence-corrected chi connectivity index (χ2v) is 4.90. The van der Waals surface area contributed by atoms with Crippen molar-refractivity contribution in [3.05, 3.63) is 35.4 Å². The van der Waals surface area contributed by atoms with Gasteiger partial charge >= 0.3 is 0 Å². The minimum absolute atomic E-state index is 0.0672. The van der Waals surface area contributed by atoms with Crippen LogP contribution in [0, 0.1) is 17.6 Å². The van der Waals surface area contributed by atoms with E-state index in [0.717, 1.165) is 6.07 Å². The lowest BCUT2D eigenvalue weighted by molar-refractivity contribution is -0.127. The Balaban J connectivity index is 1.93. The first-order valence-corrected chi connectivity index (χ1v) is 6.40. The highest BCUT2D eigenvalue weighted by molar-refractivity contribution is 6.18. The second kappa shape index (κ2) is 5.65. The van der Waals surface area contributed by atoms with E-state index in [-0.39, 0.29) is 11.8 Å². The molecular formula is C13H14ClF2NO. The Morgan fingerprint density at radius 3 is 2.50 bits per heavy atom. The molecule has 1 aromatic carbocycles. The summed E-state index contributed by atoms with van der Waals surface area (Å²) in [6.07, 6.45) is 0.927. The van der Waals surface area contributed by atoms with Gasteiger partial charge in [-0.2, -0.15) is 0 Å². The van der Waals surface area contributed by atoms with Gasteiger partial charge < -0.3 is 4.90 Å². The highest BCUT2D eigenvalue weighted by Crippen LogP contribution is 2.19. The molecule has 1 unspecified atom stereocenters. The standard InChI is InChI=1S/C13H14ClF2NO/c14-7-10-5-13(18)17(8-10)2-1-9-3-11(15)6-12(16)4-9/h3-4,6,10H,1-2,5,7-8H2. The number of amides is 1. The van der Waals surface area contributed by atoms with Gasteiger partial charge in [0, 0.05) is 31.5 Å². The van der Waals surface area contributed by atoms with Crippen molar-refractivity contribution >= 4 is 17.5 Å². The number of hydrogen-bond acceptors (Lipinski definition) is 1. The van der Waals surface area contributed by atoms with Gasteiger partial charge in [0.25, 0.3) is 0 Å². The summed E-state index contributed by atoms with van der Waals surface area (Å²) < 4.78 is 26.0. The molecule has 1 aromatic rings. The average Bonchev–Trinajstić information content (AvgIpc) is 2.66. The summed E-state index contributed by atoms with van der Waals surface area (Å²) >= 11 is 5.72. The molecule has 2 rings (SSSR count). The first-order valence-electron chi connectivity index (χ1n) is 5.87. The Morgan fingerprint density at radius 1 is 1.28 bits per heavy atom. The lowest BCUT2D eigenvalue weighted by atomic mass is 10.1. The molecule has 98 valence electrons. The molecule has 1 fully saturated rings. The molecule has 1 heterocycles. The number of carbonyl (C=O) groups excluding carboxylic acids is 1. The molecule has 1 amide bonds. The third kappa shape index (κ3) is 3.19. The summed E-state index contributed by atoms with van der Waals surface area (Å²) in [4.78, 5) is 13.3. The molecule has 2 nitrogen and oxygen atoms in total. The number of rotatable bonds is 4. The molecule has 1 atom stereocenters. The van der Waals surface area contributed by atoms with Gasteiger partial charge in [-0.1, -0.05) is 0 Å². The largest absolute Gasteiger partial charge is 0.342 e. The summed E-state index contributed by atoms with van der Waals surface area (Å²) in [6.45, 7) is 1.12. The Hall–Kier alpha value is -1.16. The van der Waals surface area contributed by atoms with Crippen LogP contribution in [0.5, 0.6) is 0 Å². The van der Waals surface area contributed by atoms with Crippen LogP contribution >= 0.6 is 11.6 Å². The topological polar surface area (TPSA) is 20.3 Å². The highest BCUT2D eigenvalue weighted by Gasteiger charge is 2.28. The van der Waals surface area contributed by atoms with Crippen molar-refractivity contribution in [1.29, 1.82) is 0 Å². The SMILES string of the molecule is O=C1CC(CCl)CN1CCc1cc(F)cc(F)c1. The minimum Gasteiger partial charge on any atom is -0.342 e. The Morgan fingerprint density at radius 2 is 1.94 bits per heavy atom. The van der Waals surface area contributed by atoms with Crippen LogP contribution in [0.3, 0.4) is 0 Å². The second-order valence-electron chi connectivity index (χ2n) is 4.59. The van der Waals surface area contributed by atoms with Crippen molar-refractivity contribution in [3.8, 4) is 0 Å². The fourth-order valence-electron chi connectivity index (χ4n) is 2.19. The van der Waals surface area contributed by atoms with Gasteiger partial charge in [-0.25, -0.2) is 8.78 Å². The fourth-order valence-corrected chi connectivity index (χ4v) is 2.40. The quantitative estimate of drug-likeness (QED) is 0.772. The van der Waals surface area contributed by atoms with Gasteiger partial charge in [0.05, 0.1) is 0 Å². The van der Waals surface area contributed by atoms with E-state index in [1.165, 1.54) is 12.1 Å². The van der Waals surface area contributed by atoms with Crippen LogP contribution in [0.2, 0.25) is 0 Å². The van der Waals surface area contributed by atoms with Gasteiger partial charge in [0.1, 0.15) is 11.6 Å². The third-order valence-corrected chi connectivity index (χ3v) is 3.54. The van der Waals surface area contributed by atoms with Gasteiger partial charge in [0.15, 0.2) is 0 Å². The van der Waals surface area contributed by atoms with Crippen LogP contribution in [-0.2, 0) is 11.2 Å². The van der Waals surface area contributed by atoms with E-state index in [9.17, 15) is 13.6 Å². The maximum absolute atomic E-state index is 13.0.